The molecule has 0 aliphatic carbocycles. The van der Waals surface area contributed by atoms with E-state index in [-0.39, 0.29) is 17.8 Å². The van der Waals surface area contributed by atoms with Crippen molar-refractivity contribution in [1.29, 1.82) is 0 Å². The molecule has 2 atom stereocenters. The highest BCUT2D eigenvalue weighted by atomic mass is 16.5. The van der Waals surface area contributed by atoms with Crippen LogP contribution >= 0.6 is 0 Å². The molecule has 1 saturated heterocycles. The van der Waals surface area contributed by atoms with Crippen LogP contribution in [0.15, 0.2) is 24.4 Å². The van der Waals surface area contributed by atoms with E-state index < -0.39 is 0 Å². The maximum absolute atomic E-state index is 12.0. The number of ketones is 1. The smallest absolute Gasteiger partial charge is 0.144 e. The zero-order chi connectivity index (χ0) is 11.4. The molecule has 2 rings (SSSR count). The summed E-state index contributed by atoms with van der Waals surface area (Å²) in [4.78, 5) is 16.2. The number of aromatic nitrogens is 1. The standard InChI is InChI=1S/C13H17NO2/c1-10(12-6-2-3-7-14-12)13(15)9-11-5-4-8-16-11/h2-3,6-7,10-11H,4-5,8-9H2,1H3. The Kier molecular flexibility index (Phi) is 3.67. The van der Waals surface area contributed by atoms with E-state index in [1.807, 2.05) is 25.1 Å². The third kappa shape index (κ3) is 2.67. The number of Topliss-reactive ketones (excluding diaryl/α,β-unsaturated/α-hetero) is 1. The Hall–Kier alpha value is -1.22. The molecule has 3 nitrogen and oxygen atoms in total. The molecule has 1 aromatic rings. The van der Waals surface area contributed by atoms with Gasteiger partial charge in [0.25, 0.3) is 0 Å². The Morgan fingerprint density at radius 2 is 2.50 bits per heavy atom. The summed E-state index contributed by atoms with van der Waals surface area (Å²) in [5.41, 5.74) is 0.852. The van der Waals surface area contributed by atoms with Gasteiger partial charge in [-0.05, 0) is 31.9 Å². The topological polar surface area (TPSA) is 39.2 Å². The number of hydrogen-bond acceptors (Lipinski definition) is 3. The Labute approximate surface area is 95.8 Å². The van der Waals surface area contributed by atoms with Gasteiger partial charge < -0.3 is 4.74 Å². The molecule has 1 fully saturated rings. The van der Waals surface area contributed by atoms with Crippen LogP contribution in [0.2, 0.25) is 0 Å². The molecule has 1 aliphatic heterocycles. The van der Waals surface area contributed by atoms with Gasteiger partial charge in [0.1, 0.15) is 5.78 Å². The number of nitrogens with zero attached hydrogens (tertiary/aromatic N) is 1. The van der Waals surface area contributed by atoms with E-state index in [2.05, 4.69) is 4.98 Å². The monoisotopic (exact) mass is 219 g/mol. The molecule has 3 heteroatoms. The van der Waals surface area contributed by atoms with Gasteiger partial charge in [0.15, 0.2) is 0 Å². The van der Waals surface area contributed by atoms with Gasteiger partial charge in [-0.1, -0.05) is 6.07 Å². The first-order valence-electron chi connectivity index (χ1n) is 5.82. The van der Waals surface area contributed by atoms with Gasteiger partial charge in [-0.15, -0.1) is 0 Å². The fourth-order valence-corrected chi connectivity index (χ4v) is 2.00. The molecule has 0 amide bonds. The highest BCUT2D eigenvalue weighted by Crippen LogP contribution is 2.21. The van der Waals surface area contributed by atoms with E-state index in [1.54, 1.807) is 6.20 Å². The van der Waals surface area contributed by atoms with Crippen LogP contribution in [0, 0.1) is 0 Å². The molecule has 1 aromatic heterocycles. The number of hydrogen-bond donors (Lipinski definition) is 0. The van der Waals surface area contributed by atoms with Gasteiger partial charge in [-0.2, -0.15) is 0 Å². The predicted octanol–water partition coefficient (Wildman–Crippen LogP) is 2.32. The maximum atomic E-state index is 12.0. The Morgan fingerprint density at radius 3 is 3.12 bits per heavy atom. The minimum Gasteiger partial charge on any atom is -0.378 e. The lowest BCUT2D eigenvalue weighted by Crippen LogP contribution is -2.18. The number of pyridine rings is 1. The Bertz CT molecular complexity index is 344. The van der Waals surface area contributed by atoms with Crippen molar-refractivity contribution in [2.24, 2.45) is 0 Å². The highest BCUT2D eigenvalue weighted by Gasteiger charge is 2.23. The number of carbonyl (C=O) groups excluding carboxylic acids is 1. The summed E-state index contributed by atoms with van der Waals surface area (Å²) in [5.74, 6) is 0.107. The summed E-state index contributed by atoms with van der Waals surface area (Å²) < 4.78 is 5.47. The van der Waals surface area contributed by atoms with E-state index in [0.717, 1.165) is 25.1 Å². The Morgan fingerprint density at radius 1 is 1.62 bits per heavy atom. The maximum Gasteiger partial charge on any atom is 0.144 e. The van der Waals surface area contributed by atoms with E-state index in [9.17, 15) is 4.79 Å². The first-order chi connectivity index (χ1) is 7.77. The van der Waals surface area contributed by atoms with Crippen LogP contribution in [0.5, 0.6) is 0 Å². The van der Waals surface area contributed by atoms with Gasteiger partial charge in [0, 0.05) is 19.2 Å². The molecule has 86 valence electrons. The van der Waals surface area contributed by atoms with Crippen molar-refractivity contribution in [3.8, 4) is 0 Å². The fourth-order valence-electron chi connectivity index (χ4n) is 2.00. The van der Waals surface area contributed by atoms with Crippen molar-refractivity contribution in [1.82, 2.24) is 4.98 Å². The average Bonchev–Trinajstić information content (AvgIpc) is 2.82. The van der Waals surface area contributed by atoms with Crippen LogP contribution in [-0.4, -0.2) is 23.5 Å². The zero-order valence-electron chi connectivity index (χ0n) is 9.56. The molecule has 0 radical (unpaired) electrons. The van der Waals surface area contributed by atoms with Crippen LogP contribution < -0.4 is 0 Å². The van der Waals surface area contributed by atoms with Crippen molar-refractivity contribution >= 4 is 5.78 Å². The van der Waals surface area contributed by atoms with Crippen LogP contribution in [-0.2, 0) is 9.53 Å². The fraction of sp³-hybridized carbons (Fsp3) is 0.538. The molecule has 16 heavy (non-hydrogen) atoms. The van der Waals surface area contributed by atoms with Gasteiger partial charge in [0.2, 0.25) is 0 Å². The first-order valence-corrected chi connectivity index (χ1v) is 5.82. The lowest BCUT2D eigenvalue weighted by Gasteiger charge is -2.13. The molecule has 0 aromatic carbocycles. The third-order valence-corrected chi connectivity index (χ3v) is 3.07. The number of ether oxygens (including phenoxy) is 1. The highest BCUT2D eigenvalue weighted by molar-refractivity contribution is 5.85. The second-order valence-electron chi connectivity index (χ2n) is 4.28. The van der Waals surface area contributed by atoms with Crippen LogP contribution in [0.1, 0.15) is 37.8 Å². The van der Waals surface area contributed by atoms with Crippen molar-refractivity contribution < 1.29 is 9.53 Å². The van der Waals surface area contributed by atoms with Gasteiger partial charge in [-0.3, -0.25) is 9.78 Å². The minimum absolute atomic E-state index is 0.120. The van der Waals surface area contributed by atoms with E-state index in [1.165, 1.54) is 0 Å². The van der Waals surface area contributed by atoms with E-state index >= 15 is 0 Å². The first kappa shape index (κ1) is 11.3. The molecular formula is C13H17NO2. The van der Waals surface area contributed by atoms with Crippen LogP contribution in [0.3, 0.4) is 0 Å². The molecule has 2 unspecified atom stereocenters. The van der Waals surface area contributed by atoms with Crippen LogP contribution in [0.25, 0.3) is 0 Å². The van der Waals surface area contributed by atoms with Gasteiger partial charge >= 0.3 is 0 Å². The molecule has 2 heterocycles. The summed E-state index contributed by atoms with van der Waals surface area (Å²) in [5, 5.41) is 0. The summed E-state index contributed by atoms with van der Waals surface area (Å²) in [6, 6.07) is 5.68. The summed E-state index contributed by atoms with van der Waals surface area (Å²) in [6.07, 6.45) is 4.48. The second kappa shape index (κ2) is 5.21. The molecule has 1 aliphatic rings. The number of carbonyl (C=O) groups is 1. The van der Waals surface area contributed by atoms with E-state index in [0.29, 0.717) is 6.42 Å². The summed E-state index contributed by atoms with van der Waals surface area (Å²) >= 11 is 0. The van der Waals surface area contributed by atoms with Crippen LogP contribution in [0.4, 0.5) is 0 Å². The molecule has 0 spiro atoms. The summed E-state index contributed by atoms with van der Waals surface area (Å²) in [6.45, 7) is 2.72. The van der Waals surface area contributed by atoms with Gasteiger partial charge in [-0.25, -0.2) is 0 Å². The second-order valence-corrected chi connectivity index (χ2v) is 4.28. The lowest BCUT2D eigenvalue weighted by atomic mass is 9.96. The predicted molar refractivity (Wildman–Crippen MR) is 61.3 cm³/mol. The lowest BCUT2D eigenvalue weighted by molar-refractivity contribution is -0.122. The average molecular weight is 219 g/mol. The zero-order valence-corrected chi connectivity index (χ0v) is 9.56. The normalized spacial score (nSPS) is 21.9. The largest absolute Gasteiger partial charge is 0.378 e. The minimum atomic E-state index is -0.120. The van der Waals surface area contributed by atoms with Crippen molar-refractivity contribution in [3.63, 3.8) is 0 Å². The van der Waals surface area contributed by atoms with Crippen molar-refractivity contribution in [2.45, 2.75) is 38.2 Å². The van der Waals surface area contributed by atoms with Gasteiger partial charge in [0.05, 0.1) is 17.7 Å². The molecule has 0 bridgehead atoms. The molecule has 0 N–H and O–H groups in total. The molecular weight excluding hydrogens is 202 g/mol. The van der Waals surface area contributed by atoms with Crippen molar-refractivity contribution in [2.75, 3.05) is 6.61 Å². The Balaban J connectivity index is 1.94. The SMILES string of the molecule is CC(C(=O)CC1CCCO1)c1ccccn1. The van der Waals surface area contributed by atoms with E-state index in [4.69, 9.17) is 4.74 Å². The van der Waals surface area contributed by atoms with Crippen molar-refractivity contribution in [3.05, 3.63) is 30.1 Å². The number of rotatable bonds is 4. The summed E-state index contributed by atoms with van der Waals surface area (Å²) in [7, 11) is 0. The third-order valence-electron chi connectivity index (χ3n) is 3.07. The quantitative estimate of drug-likeness (QED) is 0.780. The molecule has 0 saturated carbocycles.